The Balaban J connectivity index is 0.000000238. The second kappa shape index (κ2) is 21.8. The predicted octanol–water partition coefficient (Wildman–Crippen LogP) is 10.7. The quantitative estimate of drug-likeness (QED) is 0.179. The normalized spacial score (nSPS) is 19.9. The first kappa shape index (κ1) is 41.1. The molecule has 0 bridgehead atoms. The molecule has 1 saturated heterocycles. The van der Waals surface area contributed by atoms with Crippen molar-refractivity contribution in [1.29, 1.82) is 0 Å². The van der Waals surface area contributed by atoms with Crippen LogP contribution in [0.5, 0.6) is 0 Å². The maximum atomic E-state index is 4.57. The first-order chi connectivity index (χ1) is 21.3. The van der Waals surface area contributed by atoms with Crippen LogP contribution in [0.25, 0.3) is 0 Å². The molecule has 6 rings (SSSR count). The van der Waals surface area contributed by atoms with Crippen molar-refractivity contribution in [1.82, 2.24) is 0 Å². The van der Waals surface area contributed by atoms with Crippen molar-refractivity contribution in [3.05, 3.63) is 176 Å². The molecule has 3 aromatic carbocycles. The number of halogens is 1. The second-order valence-electron chi connectivity index (χ2n) is 10.9. The van der Waals surface area contributed by atoms with Crippen molar-refractivity contribution in [2.45, 2.75) is 54.9 Å². The van der Waals surface area contributed by atoms with E-state index in [0.29, 0.717) is 0 Å². The van der Waals surface area contributed by atoms with Crippen LogP contribution in [0.15, 0.2) is 91.0 Å². The van der Waals surface area contributed by atoms with Crippen LogP contribution in [0, 0.1) is 84.8 Å². The number of hydrogen-bond acceptors (Lipinski definition) is 0. The minimum Gasteiger partial charge on any atom is -0.0622 e. The zero-order valence-electron chi connectivity index (χ0n) is 27.2. The SMILES string of the molecule is C[C]1[CH][P][C](C[C]2[CH][CH][CH][CH]2)[C]1C.C[C]1[C](C)[C](C)[C](C)[C]1C.[Cl][Ru+].[Fe+2].c1ccc(P(c2ccccc2)c2ccccc2)cc1. The molecule has 5 heteroatoms. The Morgan fingerprint density at radius 3 is 1.16 bits per heavy atom. The molecule has 0 nitrogen and oxygen atoms in total. The molecule has 45 heavy (non-hydrogen) atoms. The minimum atomic E-state index is -0.446. The van der Waals surface area contributed by atoms with Gasteiger partial charge in [-0.05, 0) is 109 Å². The largest absolute Gasteiger partial charge is 2.00 e. The van der Waals surface area contributed by atoms with E-state index in [4.69, 9.17) is 0 Å². The van der Waals surface area contributed by atoms with E-state index in [0.717, 1.165) is 6.42 Å². The van der Waals surface area contributed by atoms with Crippen molar-refractivity contribution in [2.24, 2.45) is 0 Å². The summed E-state index contributed by atoms with van der Waals surface area (Å²) < 4.78 is 0. The number of benzene rings is 3. The summed E-state index contributed by atoms with van der Waals surface area (Å²) in [6, 6.07) is 32.3. The van der Waals surface area contributed by atoms with Gasteiger partial charge in [-0.15, -0.1) is 0 Å². The molecule has 0 N–H and O–H groups in total. The Labute approximate surface area is 305 Å². The summed E-state index contributed by atoms with van der Waals surface area (Å²) in [4.78, 5) is 0. The third-order valence-corrected chi connectivity index (χ3v) is 12.2. The predicted molar refractivity (Wildman–Crippen MR) is 193 cm³/mol. The molecule has 1 heterocycles. The zero-order valence-corrected chi connectivity index (χ0v) is 32.6. The molecular weight excluding hydrogens is 735 g/mol. The fourth-order valence-corrected chi connectivity index (χ4v) is 8.58. The topological polar surface area (TPSA) is 0 Å². The Bertz CT molecular complexity index is 1020. The van der Waals surface area contributed by atoms with Gasteiger partial charge < -0.3 is 0 Å². The summed E-state index contributed by atoms with van der Waals surface area (Å²) in [5.74, 6) is 11.7. The van der Waals surface area contributed by atoms with Crippen molar-refractivity contribution < 1.29 is 34.4 Å². The molecule has 0 atom stereocenters. The van der Waals surface area contributed by atoms with E-state index in [1.165, 1.54) is 71.8 Å². The maximum absolute atomic E-state index is 4.57. The fraction of sp³-hybridized carbons (Fsp3) is 0.200. The first-order valence-corrected chi connectivity index (χ1v) is 19.4. The summed E-state index contributed by atoms with van der Waals surface area (Å²) in [5, 5.41) is 4.19. The van der Waals surface area contributed by atoms with Gasteiger partial charge in [0.15, 0.2) is 0 Å². The molecule has 15 radical (unpaired) electrons. The standard InChI is InChI=1S/C18H15P.C12H13P.C10H15.ClH.Fe.Ru/c1-4-10-16(11-5-1)19(17-12-6-2-7-13-17)18-14-8-3-9-15-18;1-9-8-13-12(10(9)2)7-11-5-3-4-6-11;1-6-7(2)9(4)10(5)8(6)3;;;/h1-15H;3-6,8H,7H2,1-2H3;1-5H3;1H;;/q;;;;2*+2/p-1. The van der Waals surface area contributed by atoms with Crippen LogP contribution >= 0.6 is 26.2 Å². The molecular formula is C40H43ClFeP2Ru+3. The van der Waals surface area contributed by atoms with Gasteiger partial charge in [0.25, 0.3) is 0 Å². The minimum absolute atomic E-state index is 0. The van der Waals surface area contributed by atoms with E-state index in [1.807, 2.05) is 17.3 Å². The second-order valence-corrected chi connectivity index (χ2v) is 14.2. The van der Waals surface area contributed by atoms with Crippen molar-refractivity contribution in [3.63, 3.8) is 0 Å². The van der Waals surface area contributed by atoms with E-state index < -0.39 is 7.92 Å². The summed E-state index contributed by atoms with van der Waals surface area (Å²) in [5.41, 5.74) is 1.56. The van der Waals surface area contributed by atoms with Crippen LogP contribution in [-0.4, -0.2) is 0 Å². The van der Waals surface area contributed by atoms with Crippen LogP contribution in [0.3, 0.4) is 0 Å². The van der Waals surface area contributed by atoms with Crippen LogP contribution in [0.1, 0.15) is 54.9 Å². The van der Waals surface area contributed by atoms with E-state index in [9.17, 15) is 0 Å². The molecule has 3 aromatic rings. The van der Waals surface area contributed by atoms with E-state index in [2.05, 4.69) is 181 Å². The van der Waals surface area contributed by atoms with Gasteiger partial charge in [-0.1, -0.05) is 148 Å². The number of rotatable bonds is 5. The molecule has 0 aromatic heterocycles. The van der Waals surface area contributed by atoms with Crippen LogP contribution in [0.4, 0.5) is 0 Å². The molecule has 3 fully saturated rings. The van der Waals surface area contributed by atoms with Crippen molar-refractivity contribution in [3.8, 4) is 0 Å². The van der Waals surface area contributed by atoms with Gasteiger partial charge in [-0.3, -0.25) is 0 Å². The average Bonchev–Trinajstić information content (AvgIpc) is 3.75. The van der Waals surface area contributed by atoms with E-state index >= 15 is 0 Å². The van der Waals surface area contributed by atoms with Crippen molar-refractivity contribution >= 4 is 42.1 Å². The third-order valence-electron chi connectivity index (χ3n) is 8.40. The van der Waals surface area contributed by atoms with Crippen LogP contribution in [0.2, 0.25) is 0 Å². The van der Waals surface area contributed by atoms with Crippen molar-refractivity contribution in [2.75, 3.05) is 0 Å². The van der Waals surface area contributed by atoms with Gasteiger partial charge in [-0.25, -0.2) is 0 Å². The molecule has 2 saturated carbocycles. The summed E-state index contributed by atoms with van der Waals surface area (Å²) >= 11 is 1.82. The zero-order chi connectivity index (χ0) is 32.1. The molecule has 1 aliphatic heterocycles. The molecule has 0 amide bonds. The Kier molecular flexibility index (Phi) is 19.9. The van der Waals surface area contributed by atoms with E-state index in [1.54, 1.807) is 5.66 Å². The Morgan fingerprint density at radius 2 is 0.867 bits per heavy atom. The molecule has 0 spiro atoms. The first-order valence-electron chi connectivity index (χ1n) is 14.8. The fourth-order valence-electron chi connectivity index (χ4n) is 5.08. The van der Waals surface area contributed by atoms with E-state index in [-0.39, 0.29) is 17.1 Å². The van der Waals surface area contributed by atoms with Gasteiger partial charge in [0.05, 0.1) is 0 Å². The summed E-state index contributed by atoms with van der Waals surface area (Å²) in [6.07, 6.45) is 12.0. The third kappa shape index (κ3) is 12.1. The molecule has 233 valence electrons. The van der Waals surface area contributed by atoms with Gasteiger partial charge in [0.1, 0.15) is 0 Å². The van der Waals surface area contributed by atoms with Crippen LogP contribution < -0.4 is 15.9 Å². The molecule has 0 unspecified atom stereocenters. The summed E-state index contributed by atoms with van der Waals surface area (Å²) in [6.45, 7) is 15.4. The number of hydrogen-bond donors (Lipinski definition) is 0. The van der Waals surface area contributed by atoms with Gasteiger partial charge >= 0.3 is 44.1 Å². The monoisotopic (exact) mass is 778 g/mol. The molecule has 2 aliphatic carbocycles. The molecule has 3 aliphatic rings. The average molecular weight is 778 g/mol. The Hall–Kier alpha value is -0.0471. The van der Waals surface area contributed by atoms with Gasteiger partial charge in [0.2, 0.25) is 0 Å². The Morgan fingerprint density at radius 1 is 0.533 bits per heavy atom. The smallest absolute Gasteiger partial charge is 0.0622 e. The maximum Gasteiger partial charge on any atom is 2.00 e. The van der Waals surface area contributed by atoms with Gasteiger partial charge in [0, 0.05) is 5.66 Å². The van der Waals surface area contributed by atoms with Gasteiger partial charge in [-0.2, -0.15) is 0 Å². The van der Waals surface area contributed by atoms with Crippen LogP contribution in [-0.2, 0) is 34.4 Å². The summed E-state index contributed by atoms with van der Waals surface area (Å²) in [7, 11) is 5.52.